The number of rotatable bonds is 5. The molecule has 10 heterocycles. The molecule has 0 atom stereocenters. The number of thiazole rings is 3. The molecule has 3 aromatic carbocycles. The Balaban J connectivity index is 0.000000125. The Kier molecular flexibility index (Phi) is 16.8. The van der Waals surface area contributed by atoms with Gasteiger partial charge >= 0.3 is 16.9 Å². The van der Waals surface area contributed by atoms with Crippen molar-refractivity contribution in [2.45, 2.75) is 0 Å². The number of nitrogens with zero attached hydrogens (tertiary/aromatic N) is 8. The first-order valence-corrected chi connectivity index (χ1v) is 27.0. The molecule has 8 aromatic heterocycles. The highest BCUT2D eigenvalue weighted by atomic mass is 79.9. The number of Topliss-reactive ketones (excluding diaryl/α,β-unsaturated/α-hetero) is 1. The first-order valence-electron chi connectivity index (χ1n) is 23.3. The average Bonchev–Trinajstić information content (AvgIpc) is 4.27. The zero-order valence-corrected chi connectivity index (χ0v) is 44.3. The molecule has 386 valence electrons. The number of nitrogens with one attached hydrogen (secondary N) is 1. The monoisotopic (exact) mass is 1140 g/mol. The SMILES string of the molecule is CN1CCN(c2ccc3cc(-c4cn5ccsc5n4)c(=O)oc3c2)CC1.CN1CCNCC1.Nc1nccs1.O=C(CBr)c1cc2ccc(F)cc2oc1=O.O=c1oc2cc(F)ccc2cc1-c1cn2ccsc2n1. The number of hydrogen-bond donors (Lipinski definition) is 2. The average molecular weight is 1140 g/mol. The van der Waals surface area contributed by atoms with Crippen LogP contribution in [0.2, 0.25) is 0 Å². The summed E-state index contributed by atoms with van der Waals surface area (Å²) in [7, 11) is 4.29. The molecule has 2 saturated heterocycles. The number of ketones is 1. The highest BCUT2D eigenvalue weighted by Crippen LogP contribution is 2.27. The van der Waals surface area contributed by atoms with Crippen molar-refractivity contribution in [3.63, 3.8) is 0 Å². The minimum Gasteiger partial charge on any atom is -0.422 e. The zero-order chi connectivity index (χ0) is 52.6. The zero-order valence-electron chi connectivity index (χ0n) is 40.3. The summed E-state index contributed by atoms with van der Waals surface area (Å²) in [6.45, 7) is 8.79. The van der Waals surface area contributed by atoms with Crippen molar-refractivity contribution in [3.05, 3.63) is 168 Å². The number of nitrogen functional groups attached to an aromatic ring is 1. The summed E-state index contributed by atoms with van der Waals surface area (Å²) in [6.07, 6.45) is 9.12. The molecule has 17 nitrogen and oxygen atoms in total. The minimum absolute atomic E-state index is 0.0315. The lowest BCUT2D eigenvalue weighted by Gasteiger charge is -2.34. The number of carbonyl (C=O) groups is 1. The number of benzene rings is 3. The third-order valence-electron chi connectivity index (χ3n) is 11.9. The van der Waals surface area contributed by atoms with E-state index >= 15 is 0 Å². The first-order chi connectivity index (χ1) is 36.3. The van der Waals surface area contributed by atoms with E-state index in [1.165, 1.54) is 66.1 Å². The fourth-order valence-corrected chi connectivity index (χ4v) is 9.97. The lowest BCUT2D eigenvalue weighted by molar-refractivity contribution is 0.102. The van der Waals surface area contributed by atoms with Gasteiger partial charge in [0, 0.05) is 140 Å². The van der Waals surface area contributed by atoms with Gasteiger partial charge in [-0.15, -0.1) is 34.0 Å². The molecular formula is C52H47BrF2N10O7S3. The fourth-order valence-electron chi connectivity index (χ4n) is 7.88. The van der Waals surface area contributed by atoms with Gasteiger partial charge in [0.2, 0.25) is 0 Å². The maximum absolute atomic E-state index is 13.1. The number of likely N-dealkylation sites (N-methyl/N-ethyl adjacent to an activating group) is 2. The molecule has 13 rings (SSSR count). The second-order valence-corrected chi connectivity index (χ2v) is 20.4. The number of alkyl halides is 1. The van der Waals surface area contributed by atoms with Crippen LogP contribution in [0.25, 0.3) is 65.3 Å². The van der Waals surface area contributed by atoms with E-state index in [0.717, 1.165) is 66.3 Å². The topological polar surface area (TPSA) is 203 Å². The van der Waals surface area contributed by atoms with Crippen molar-refractivity contribution in [2.24, 2.45) is 0 Å². The number of carbonyl (C=O) groups excluding carboxylic acids is 1. The minimum atomic E-state index is -0.748. The Bertz CT molecular complexity index is 3870. The molecule has 0 aliphatic carbocycles. The Labute approximate surface area is 445 Å². The number of anilines is 2. The maximum atomic E-state index is 13.1. The number of nitrogens with two attached hydrogens (primary N) is 1. The van der Waals surface area contributed by atoms with Gasteiger partial charge < -0.3 is 39.0 Å². The van der Waals surface area contributed by atoms with E-state index in [1.807, 2.05) is 61.7 Å². The molecule has 23 heteroatoms. The molecule has 0 unspecified atom stereocenters. The standard InChI is InChI=1S/C19H18N4O2S.C14H7FN2O2S.C11H6BrFO3.C5H12N2.C3H4N2S/c1-21-4-6-22(7-5-21)14-3-2-13-10-15(18(24)25-17(13)11-14)16-12-23-8-9-26-19(23)20-16;15-9-2-1-8-5-10(13(18)19-12(8)6-9)11-7-17-3-4-20-14(17)16-11;12-5-9(14)8-3-6-1-2-7(13)4-10(6)16-11(8)15;1-7-4-2-6-3-5-7;4-3-5-1-2-6-3/h2-3,8-12H,4-7H2,1H3;1-7H;1-4H,5H2;6H,2-5H2,1H3;1-2H,(H2,4,5). The maximum Gasteiger partial charge on any atom is 0.347 e. The normalized spacial score (nSPS) is 13.9. The van der Waals surface area contributed by atoms with Crippen molar-refractivity contribution in [1.82, 2.24) is 38.9 Å². The van der Waals surface area contributed by atoms with Crippen LogP contribution in [-0.2, 0) is 0 Å². The van der Waals surface area contributed by atoms with Crippen molar-refractivity contribution in [3.8, 4) is 22.5 Å². The smallest absolute Gasteiger partial charge is 0.347 e. The lowest BCUT2D eigenvalue weighted by atomic mass is 10.1. The predicted octanol–water partition coefficient (Wildman–Crippen LogP) is 8.99. The van der Waals surface area contributed by atoms with Crippen molar-refractivity contribution >= 4 is 109 Å². The summed E-state index contributed by atoms with van der Waals surface area (Å²) in [5, 5.41) is 11.8. The molecule has 75 heavy (non-hydrogen) atoms. The second-order valence-electron chi connectivity index (χ2n) is 17.1. The van der Waals surface area contributed by atoms with Crippen LogP contribution in [0.5, 0.6) is 0 Å². The number of imidazole rings is 2. The van der Waals surface area contributed by atoms with Gasteiger partial charge in [-0.2, -0.15) is 0 Å². The van der Waals surface area contributed by atoms with Crippen LogP contribution >= 0.6 is 49.9 Å². The Morgan fingerprint density at radius 2 is 1.16 bits per heavy atom. The summed E-state index contributed by atoms with van der Waals surface area (Å²) in [5.41, 5.74) is 7.71. The lowest BCUT2D eigenvalue weighted by Crippen LogP contribution is -2.44. The van der Waals surface area contributed by atoms with Crippen LogP contribution in [0.4, 0.5) is 19.6 Å². The van der Waals surface area contributed by atoms with E-state index in [-0.39, 0.29) is 33.5 Å². The summed E-state index contributed by atoms with van der Waals surface area (Å²) >= 11 is 7.44. The van der Waals surface area contributed by atoms with Crippen LogP contribution in [0.3, 0.4) is 0 Å². The molecule has 3 N–H and O–H groups in total. The molecule has 0 bridgehead atoms. The van der Waals surface area contributed by atoms with Crippen LogP contribution in [0.1, 0.15) is 10.4 Å². The molecule has 2 fully saturated rings. The second kappa shape index (κ2) is 24.0. The van der Waals surface area contributed by atoms with Gasteiger partial charge in [-0.25, -0.2) is 38.1 Å². The van der Waals surface area contributed by atoms with Crippen molar-refractivity contribution in [1.29, 1.82) is 0 Å². The highest BCUT2D eigenvalue weighted by molar-refractivity contribution is 9.09. The van der Waals surface area contributed by atoms with Crippen molar-refractivity contribution in [2.75, 3.05) is 82.4 Å². The van der Waals surface area contributed by atoms with Gasteiger partial charge in [0.25, 0.3) is 0 Å². The molecule has 2 aliphatic heterocycles. The van der Waals surface area contributed by atoms with Gasteiger partial charge in [0.15, 0.2) is 20.8 Å². The fraction of sp³-hybridized carbons (Fsp3) is 0.212. The molecule has 0 amide bonds. The van der Waals surface area contributed by atoms with E-state index in [1.54, 1.807) is 35.9 Å². The van der Waals surface area contributed by atoms with Gasteiger partial charge in [-0.3, -0.25) is 13.6 Å². The van der Waals surface area contributed by atoms with Gasteiger partial charge in [0.05, 0.1) is 27.8 Å². The predicted molar refractivity (Wildman–Crippen MR) is 296 cm³/mol. The van der Waals surface area contributed by atoms with E-state index in [4.69, 9.17) is 19.0 Å². The van der Waals surface area contributed by atoms with Crippen LogP contribution < -0.4 is 32.8 Å². The number of piperazine rings is 2. The molecule has 0 spiro atoms. The summed E-state index contributed by atoms with van der Waals surface area (Å²) < 4.78 is 45.4. The Morgan fingerprint density at radius 1 is 0.653 bits per heavy atom. The van der Waals surface area contributed by atoms with Crippen LogP contribution in [0.15, 0.2) is 148 Å². The first kappa shape index (κ1) is 52.6. The van der Waals surface area contributed by atoms with Gasteiger partial charge in [0.1, 0.15) is 33.9 Å². The third kappa shape index (κ3) is 13.0. The van der Waals surface area contributed by atoms with Crippen molar-refractivity contribution < 1.29 is 26.8 Å². The largest absolute Gasteiger partial charge is 0.422 e. The number of fused-ring (bicyclic) bond motifs is 5. The van der Waals surface area contributed by atoms with E-state index in [9.17, 15) is 28.0 Å². The van der Waals surface area contributed by atoms with E-state index < -0.39 is 22.9 Å². The van der Waals surface area contributed by atoms with Crippen LogP contribution in [-0.4, -0.2) is 111 Å². The Hall–Kier alpha value is -7.25. The summed E-state index contributed by atoms with van der Waals surface area (Å²) in [5.74, 6) is -1.29. The molecule has 11 aromatic rings. The molecule has 0 saturated carbocycles. The number of aromatic nitrogens is 5. The molecule has 0 radical (unpaired) electrons. The molecular weight excluding hydrogens is 1090 g/mol. The van der Waals surface area contributed by atoms with E-state index in [0.29, 0.717) is 44.0 Å². The summed E-state index contributed by atoms with van der Waals surface area (Å²) in [4.78, 5) is 68.6. The number of hydrogen-bond acceptors (Lipinski definition) is 18. The van der Waals surface area contributed by atoms with Crippen LogP contribution in [0, 0.1) is 11.6 Å². The van der Waals surface area contributed by atoms with E-state index in [2.05, 4.69) is 71.1 Å². The Morgan fingerprint density at radius 3 is 1.63 bits per heavy atom. The summed E-state index contributed by atoms with van der Waals surface area (Å²) in [6, 6.07) is 19.0. The molecule has 2 aliphatic rings. The van der Waals surface area contributed by atoms with Gasteiger partial charge in [-0.1, -0.05) is 15.9 Å². The number of halogens is 3. The van der Waals surface area contributed by atoms with Gasteiger partial charge in [-0.05, 0) is 68.7 Å². The quantitative estimate of drug-likeness (QED) is 0.0938. The third-order valence-corrected chi connectivity index (χ3v) is 14.6. The highest BCUT2D eigenvalue weighted by Gasteiger charge is 2.18.